The maximum atomic E-state index is 4.24. The van der Waals surface area contributed by atoms with Crippen LogP contribution in [0.15, 0.2) is 0 Å². The second-order valence-corrected chi connectivity index (χ2v) is 3.53. The smallest absolute Gasteiger partial charge is 0.225 e. The van der Waals surface area contributed by atoms with Gasteiger partial charge in [0.1, 0.15) is 11.6 Å². The van der Waals surface area contributed by atoms with Crippen LogP contribution in [0.3, 0.4) is 0 Å². The van der Waals surface area contributed by atoms with E-state index in [9.17, 15) is 0 Å². The summed E-state index contributed by atoms with van der Waals surface area (Å²) in [5, 5.41) is 2.91. The number of anilines is 1. The van der Waals surface area contributed by atoms with Crippen LogP contribution in [-0.2, 0) is 8.86 Å². The molecule has 1 heterocycles. The van der Waals surface area contributed by atoms with Crippen LogP contribution in [0, 0.1) is 0 Å². The number of aromatic nitrogens is 3. The summed E-state index contributed by atoms with van der Waals surface area (Å²) < 4.78 is 1.64. The predicted molar refractivity (Wildman–Crippen MR) is 64.8 cm³/mol. The molecule has 1 aromatic rings. The Labute approximate surface area is 98.3 Å². The second kappa shape index (κ2) is 5.10. The number of hydrogen-bond acceptors (Lipinski definition) is 4. The first-order valence-electron chi connectivity index (χ1n) is 3.33. The quantitative estimate of drug-likeness (QED) is 0.632. The number of nitrogens with zero attached hydrogens (tertiary/aromatic N) is 3. The van der Waals surface area contributed by atoms with E-state index >= 15 is 0 Å². The predicted octanol–water partition coefficient (Wildman–Crippen LogP) is 1.78. The van der Waals surface area contributed by atoms with Gasteiger partial charge in [0.05, 0.1) is 8.86 Å². The third kappa shape index (κ3) is 2.64. The van der Waals surface area contributed by atoms with E-state index in [0.29, 0.717) is 5.95 Å². The molecule has 0 bridgehead atoms. The second-order valence-electron chi connectivity index (χ2n) is 2.01. The van der Waals surface area contributed by atoms with E-state index in [1.165, 1.54) is 0 Å². The largest absolute Gasteiger partial charge is 0.357 e. The molecule has 66 valence electrons. The number of alkyl halides is 2. The molecular formula is C6H8I2N4. The summed E-state index contributed by atoms with van der Waals surface area (Å²) >= 11 is 4.47. The van der Waals surface area contributed by atoms with Crippen molar-refractivity contribution in [3.63, 3.8) is 0 Å². The summed E-state index contributed by atoms with van der Waals surface area (Å²) in [5.74, 6) is 2.33. The molecule has 0 aliphatic rings. The lowest BCUT2D eigenvalue weighted by Crippen LogP contribution is -2.05. The van der Waals surface area contributed by atoms with Gasteiger partial charge in [-0.05, 0) is 0 Å². The Morgan fingerprint density at radius 2 is 1.58 bits per heavy atom. The fourth-order valence-electron chi connectivity index (χ4n) is 0.700. The summed E-state index contributed by atoms with van der Waals surface area (Å²) in [7, 11) is 1.81. The molecule has 0 aromatic carbocycles. The monoisotopic (exact) mass is 390 g/mol. The van der Waals surface area contributed by atoms with E-state index in [4.69, 9.17) is 0 Å². The Morgan fingerprint density at radius 1 is 1.08 bits per heavy atom. The van der Waals surface area contributed by atoms with E-state index in [2.05, 4.69) is 65.5 Å². The molecule has 4 nitrogen and oxygen atoms in total. The summed E-state index contributed by atoms with van der Waals surface area (Å²) in [6, 6.07) is 0. The maximum absolute atomic E-state index is 4.24. The lowest BCUT2D eigenvalue weighted by molar-refractivity contribution is 0.918. The van der Waals surface area contributed by atoms with Crippen molar-refractivity contribution in [3.05, 3.63) is 11.6 Å². The minimum atomic E-state index is 0.656. The fourth-order valence-corrected chi connectivity index (χ4v) is 1.38. The Hall–Kier alpha value is 0.270. The molecule has 0 aliphatic heterocycles. The topological polar surface area (TPSA) is 50.7 Å². The first-order valence-corrected chi connectivity index (χ1v) is 6.38. The van der Waals surface area contributed by atoms with E-state index in [0.717, 1.165) is 20.5 Å². The standard InChI is InChI=1S/C6H8I2N4/c1-9-6-11-4(2-7)10-5(3-8)12-6/h2-3H2,1H3,(H,9,10,11,12). The fraction of sp³-hybridized carbons (Fsp3) is 0.500. The van der Waals surface area contributed by atoms with E-state index in [1.807, 2.05) is 7.05 Å². The Morgan fingerprint density at radius 3 is 1.92 bits per heavy atom. The third-order valence-corrected chi connectivity index (χ3v) is 2.56. The third-order valence-electron chi connectivity index (χ3n) is 1.19. The number of nitrogens with one attached hydrogen (secondary N) is 1. The Balaban J connectivity index is 3.01. The van der Waals surface area contributed by atoms with Gasteiger partial charge in [-0.25, -0.2) is 4.98 Å². The lowest BCUT2D eigenvalue weighted by atomic mass is 10.6. The molecule has 0 atom stereocenters. The lowest BCUT2D eigenvalue weighted by Gasteiger charge is -2.02. The van der Waals surface area contributed by atoms with Crippen molar-refractivity contribution in [2.24, 2.45) is 0 Å². The van der Waals surface area contributed by atoms with Crippen molar-refractivity contribution in [2.75, 3.05) is 12.4 Å². The molecule has 0 fully saturated rings. The van der Waals surface area contributed by atoms with Crippen molar-refractivity contribution in [3.8, 4) is 0 Å². The van der Waals surface area contributed by atoms with Crippen LogP contribution in [-0.4, -0.2) is 22.0 Å². The molecule has 12 heavy (non-hydrogen) atoms. The molecular weight excluding hydrogens is 382 g/mol. The number of hydrogen-bond donors (Lipinski definition) is 1. The molecule has 0 spiro atoms. The van der Waals surface area contributed by atoms with Gasteiger partial charge in [0.2, 0.25) is 5.95 Å². The molecule has 1 aromatic heterocycles. The van der Waals surface area contributed by atoms with Gasteiger partial charge < -0.3 is 5.32 Å². The zero-order chi connectivity index (χ0) is 8.97. The van der Waals surface area contributed by atoms with Crippen LogP contribution in [0.1, 0.15) is 11.6 Å². The minimum absolute atomic E-state index is 0.656. The molecule has 1 N–H and O–H groups in total. The summed E-state index contributed by atoms with van der Waals surface area (Å²) in [6.45, 7) is 0. The van der Waals surface area contributed by atoms with Crippen molar-refractivity contribution in [2.45, 2.75) is 8.86 Å². The Bertz CT molecular complexity index is 210. The first-order chi connectivity index (χ1) is 5.80. The number of halogens is 2. The summed E-state index contributed by atoms with van der Waals surface area (Å²) in [5.41, 5.74) is 0. The van der Waals surface area contributed by atoms with Gasteiger partial charge in [0.25, 0.3) is 0 Å². The van der Waals surface area contributed by atoms with E-state index in [1.54, 1.807) is 0 Å². The highest BCUT2D eigenvalue weighted by Gasteiger charge is 2.02. The Kier molecular flexibility index (Phi) is 4.40. The highest BCUT2D eigenvalue weighted by atomic mass is 127. The van der Waals surface area contributed by atoms with Crippen LogP contribution in [0.25, 0.3) is 0 Å². The number of rotatable bonds is 3. The van der Waals surface area contributed by atoms with Crippen LogP contribution in [0.5, 0.6) is 0 Å². The zero-order valence-corrected chi connectivity index (χ0v) is 10.8. The normalized spacial score (nSPS) is 9.92. The zero-order valence-electron chi connectivity index (χ0n) is 6.51. The van der Waals surface area contributed by atoms with E-state index in [-0.39, 0.29) is 0 Å². The van der Waals surface area contributed by atoms with Gasteiger partial charge in [-0.1, -0.05) is 45.2 Å². The van der Waals surface area contributed by atoms with Crippen LogP contribution in [0.2, 0.25) is 0 Å². The van der Waals surface area contributed by atoms with Crippen molar-refractivity contribution in [1.29, 1.82) is 0 Å². The van der Waals surface area contributed by atoms with Crippen LogP contribution < -0.4 is 5.32 Å². The summed E-state index contributed by atoms with van der Waals surface area (Å²) in [4.78, 5) is 12.6. The van der Waals surface area contributed by atoms with Crippen LogP contribution in [0.4, 0.5) is 5.95 Å². The molecule has 0 unspecified atom stereocenters. The average molecular weight is 390 g/mol. The maximum Gasteiger partial charge on any atom is 0.225 e. The van der Waals surface area contributed by atoms with Gasteiger partial charge in [-0.2, -0.15) is 9.97 Å². The molecule has 0 amide bonds. The molecule has 6 heteroatoms. The molecule has 0 saturated heterocycles. The van der Waals surface area contributed by atoms with Gasteiger partial charge in [-0.15, -0.1) is 0 Å². The van der Waals surface area contributed by atoms with Crippen molar-refractivity contribution in [1.82, 2.24) is 15.0 Å². The highest BCUT2D eigenvalue weighted by molar-refractivity contribution is 14.1. The van der Waals surface area contributed by atoms with Gasteiger partial charge in [0.15, 0.2) is 0 Å². The molecule has 0 radical (unpaired) electrons. The molecule has 1 rings (SSSR count). The first kappa shape index (κ1) is 10.4. The van der Waals surface area contributed by atoms with Gasteiger partial charge in [0, 0.05) is 7.05 Å². The highest BCUT2D eigenvalue weighted by Crippen LogP contribution is 2.06. The van der Waals surface area contributed by atoms with Gasteiger partial charge >= 0.3 is 0 Å². The molecule has 0 saturated carbocycles. The summed E-state index contributed by atoms with van der Waals surface area (Å²) in [6.07, 6.45) is 0. The van der Waals surface area contributed by atoms with Gasteiger partial charge in [-0.3, -0.25) is 0 Å². The molecule has 0 aliphatic carbocycles. The minimum Gasteiger partial charge on any atom is -0.357 e. The van der Waals surface area contributed by atoms with Crippen molar-refractivity contribution < 1.29 is 0 Å². The van der Waals surface area contributed by atoms with Crippen molar-refractivity contribution >= 4 is 51.1 Å². The van der Waals surface area contributed by atoms with E-state index < -0.39 is 0 Å². The average Bonchev–Trinajstić information content (AvgIpc) is 2.16. The SMILES string of the molecule is CNc1nc(CI)nc(CI)n1. The van der Waals surface area contributed by atoms with Crippen LogP contribution >= 0.6 is 45.2 Å².